The van der Waals surface area contributed by atoms with E-state index in [2.05, 4.69) is 21.4 Å². The van der Waals surface area contributed by atoms with Gasteiger partial charge in [0.1, 0.15) is 17.5 Å². The molecule has 1 saturated carbocycles. The topological polar surface area (TPSA) is 71.3 Å². The highest BCUT2D eigenvalue weighted by Crippen LogP contribution is 2.52. The molecule has 3 aromatic rings. The van der Waals surface area contributed by atoms with Gasteiger partial charge in [-0.25, -0.2) is 4.68 Å². The van der Waals surface area contributed by atoms with Crippen molar-refractivity contribution in [3.8, 4) is 5.75 Å². The highest BCUT2D eigenvalue weighted by atomic mass is 16.5. The average molecular weight is 392 g/mol. The monoisotopic (exact) mass is 392 g/mol. The highest BCUT2D eigenvalue weighted by Gasteiger charge is 2.50. The molecule has 1 saturated heterocycles. The predicted molar refractivity (Wildman–Crippen MR) is 106 cm³/mol. The van der Waals surface area contributed by atoms with Crippen LogP contribution in [0.5, 0.6) is 5.75 Å². The second kappa shape index (κ2) is 6.50. The molecule has 150 valence electrons. The van der Waals surface area contributed by atoms with Gasteiger partial charge in [-0.1, -0.05) is 5.21 Å². The maximum atomic E-state index is 6.22. The minimum atomic E-state index is -0.168. The smallest absolute Gasteiger partial charge is 0.141 e. The van der Waals surface area contributed by atoms with E-state index in [4.69, 9.17) is 14.2 Å². The van der Waals surface area contributed by atoms with Gasteiger partial charge in [-0.15, -0.1) is 5.10 Å². The van der Waals surface area contributed by atoms with Crippen LogP contribution in [0.2, 0.25) is 0 Å². The van der Waals surface area contributed by atoms with Crippen molar-refractivity contribution in [2.75, 3.05) is 19.8 Å². The van der Waals surface area contributed by atoms with Crippen molar-refractivity contribution >= 4 is 10.9 Å². The van der Waals surface area contributed by atoms with Gasteiger partial charge in [-0.2, -0.15) is 0 Å². The molecule has 3 aliphatic rings. The lowest BCUT2D eigenvalue weighted by Crippen LogP contribution is -2.52. The molecule has 4 heterocycles. The molecule has 0 radical (unpaired) electrons. The lowest BCUT2D eigenvalue weighted by Gasteiger charge is -2.52. The zero-order valence-corrected chi connectivity index (χ0v) is 16.5. The zero-order valence-electron chi connectivity index (χ0n) is 16.5. The van der Waals surface area contributed by atoms with E-state index in [0.717, 1.165) is 61.4 Å². The lowest BCUT2D eigenvalue weighted by molar-refractivity contribution is -0.176. The van der Waals surface area contributed by atoms with E-state index in [1.54, 1.807) is 0 Å². The summed E-state index contributed by atoms with van der Waals surface area (Å²) < 4.78 is 19.1. The molecule has 7 nitrogen and oxygen atoms in total. The van der Waals surface area contributed by atoms with Crippen LogP contribution in [0.3, 0.4) is 0 Å². The molecule has 29 heavy (non-hydrogen) atoms. The number of pyridine rings is 1. The van der Waals surface area contributed by atoms with E-state index in [9.17, 15) is 0 Å². The van der Waals surface area contributed by atoms with Crippen molar-refractivity contribution in [2.24, 2.45) is 5.41 Å². The number of rotatable bonds is 4. The summed E-state index contributed by atoms with van der Waals surface area (Å²) >= 11 is 0. The number of aromatic nitrogens is 4. The Bertz CT molecular complexity index is 1070. The zero-order chi connectivity index (χ0) is 19.4. The molecule has 1 aliphatic carbocycles. The van der Waals surface area contributed by atoms with Gasteiger partial charge in [0, 0.05) is 17.0 Å². The van der Waals surface area contributed by atoms with Gasteiger partial charge < -0.3 is 14.2 Å². The molecular weight excluding hydrogens is 368 g/mol. The van der Waals surface area contributed by atoms with Crippen molar-refractivity contribution in [2.45, 2.75) is 44.9 Å². The van der Waals surface area contributed by atoms with Crippen LogP contribution in [0, 0.1) is 5.41 Å². The normalized spacial score (nSPS) is 21.4. The third-order valence-electron chi connectivity index (χ3n) is 6.58. The Morgan fingerprint density at radius 2 is 2.14 bits per heavy atom. The van der Waals surface area contributed by atoms with Gasteiger partial charge in [-0.05, 0) is 55.5 Å². The van der Waals surface area contributed by atoms with Gasteiger partial charge in [0.05, 0.1) is 44.2 Å². The van der Waals surface area contributed by atoms with Crippen LogP contribution in [0.1, 0.15) is 48.7 Å². The molecule has 1 spiro atoms. The molecule has 1 atom stereocenters. The minimum absolute atomic E-state index is 0.168. The van der Waals surface area contributed by atoms with E-state index in [1.807, 2.05) is 36.1 Å². The molecule has 7 heteroatoms. The third kappa shape index (κ3) is 2.91. The number of nitrogens with zero attached hydrogens (tertiary/aromatic N) is 4. The van der Waals surface area contributed by atoms with Crippen LogP contribution < -0.4 is 4.74 Å². The minimum Gasteiger partial charge on any atom is -0.484 e. The number of fused-ring (bicyclic) bond motifs is 3. The number of benzene rings is 1. The van der Waals surface area contributed by atoms with Gasteiger partial charge in [0.15, 0.2) is 0 Å². The molecule has 2 fully saturated rings. The molecule has 2 aromatic heterocycles. The van der Waals surface area contributed by atoms with E-state index in [1.165, 1.54) is 11.1 Å². The number of hydrogen-bond donors (Lipinski definition) is 0. The van der Waals surface area contributed by atoms with E-state index in [-0.39, 0.29) is 6.10 Å². The van der Waals surface area contributed by atoms with Crippen molar-refractivity contribution < 1.29 is 14.2 Å². The third-order valence-corrected chi connectivity index (χ3v) is 6.58. The summed E-state index contributed by atoms with van der Waals surface area (Å²) in [6.07, 6.45) is 6.98. The fourth-order valence-corrected chi connectivity index (χ4v) is 4.79. The number of ether oxygens (including phenoxy) is 3. The highest BCUT2D eigenvalue weighted by molar-refractivity contribution is 5.84. The van der Waals surface area contributed by atoms with E-state index in [0.29, 0.717) is 18.1 Å². The molecule has 0 unspecified atom stereocenters. The Labute approximate surface area is 169 Å². The Morgan fingerprint density at radius 1 is 1.24 bits per heavy atom. The molecule has 0 amide bonds. The maximum absolute atomic E-state index is 6.22. The summed E-state index contributed by atoms with van der Waals surface area (Å²) in [5.74, 6) is 0.829. The van der Waals surface area contributed by atoms with E-state index >= 15 is 0 Å². The molecule has 2 aliphatic heterocycles. The first kappa shape index (κ1) is 17.4. The molecular formula is C22H24N4O3. The Hall–Kier alpha value is -2.51. The standard InChI is InChI=1S/C22H24N4O3/c1-14(21-10-26(25-24-21)16-7-22(8-16)12-28-13-22)29-17-2-3-20-19(6-17)18-4-5-27-11-15(18)9-23-20/h2-3,6,9-10,14,16H,4-5,7-8,11-13H2,1H3/t14-/m1/s1. The first-order valence-electron chi connectivity index (χ1n) is 10.3. The fourth-order valence-electron chi connectivity index (χ4n) is 4.79. The Morgan fingerprint density at radius 3 is 2.97 bits per heavy atom. The summed E-state index contributed by atoms with van der Waals surface area (Å²) in [5, 5.41) is 9.88. The molecule has 0 bridgehead atoms. The second-order valence-corrected chi connectivity index (χ2v) is 8.68. The molecule has 6 rings (SSSR count). The summed E-state index contributed by atoms with van der Waals surface area (Å²) in [4.78, 5) is 4.56. The van der Waals surface area contributed by atoms with Crippen molar-refractivity contribution in [1.82, 2.24) is 20.0 Å². The summed E-state index contributed by atoms with van der Waals surface area (Å²) in [6, 6.07) is 6.54. The van der Waals surface area contributed by atoms with Crippen LogP contribution in [0.4, 0.5) is 0 Å². The van der Waals surface area contributed by atoms with Crippen LogP contribution in [-0.4, -0.2) is 39.8 Å². The molecule has 1 aromatic carbocycles. The summed E-state index contributed by atoms with van der Waals surface area (Å²) in [7, 11) is 0. The Kier molecular flexibility index (Phi) is 3.89. The van der Waals surface area contributed by atoms with E-state index < -0.39 is 0 Å². The number of hydrogen-bond acceptors (Lipinski definition) is 6. The first-order valence-corrected chi connectivity index (χ1v) is 10.3. The van der Waals surface area contributed by atoms with Crippen molar-refractivity contribution in [3.63, 3.8) is 0 Å². The van der Waals surface area contributed by atoms with Crippen LogP contribution in [0.25, 0.3) is 10.9 Å². The van der Waals surface area contributed by atoms with Crippen LogP contribution >= 0.6 is 0 Å². The molecule has 0 N–H and O–H groups in total. The van der Waals surface area contributed by atoms with Gasteiger partial charge >= 0.3 is 0 Å². The van der Waals surface area contributed by atoms with Crippen molar-refractivity contribution in [3.05, 3.63) is 47.4 Å². The van der Waals surface area contributed by atoms with Crippen LogP contribution in [-0.2, 0) is 22.5 Å². The largest absolute Gasteiger partial charge is 0.484 e. The van der Waals surface area contributed by atoms with Gasteiger partial charge in [0.25, 0.3) is 0 Å². The predicted octanol–water partition coefficient (Wildman–Crippen LogP) is 3.39. The van der Waals surface area contributed by atoms with Crippen LogP contribution in [0.15, 0.2) is 30.6 Å². The SMILES string of the molecule is C[C@@H](Oc1ccc2ncc3c(c2c1)CCOC3)c1cn(C2CC3(COC3)C2)nn1. The quantitative estimate of drug-likeness (QED) is 0.678. The van der Waals surface area contributed by atoms with Crippen molar-refractivity contribution in [1.29, 1.82) is 0 Å². The van der Waals surface area contributed by atoms with Gasteiger partial charge in [-0.3, -0.25) is 4.98 Å². The van der Waals surface area contributed by atoms with Gasteiger partial charge in [0.2, 0.25) is 0 Å². The lowest BCUT2D eigenvalue weighted by atomic mass is 9.64. The Balaban J connectivity index is 1.20. The fraction of sp³-hybridized carbons (Fsp3) is 0.500. The first-order chi connectivity index (χ1) is 14.2. The summed E-state index contributed by atoms with van der Waals surface area (Å²) in [5.41, 5.74) is 4.77. The maximum Gasteiger partial charge on any atom is 0.141 e. The summed E-state index contributed by atoms with van der Waals surface area (Å²) in [6.45, 7) is 5.21. The second-order valence-electron chi connectivity index (χ2n) is 8.68. The average Bonchev–Trinajstić information content (AvgIpc) is 3.16.